The molecule has 5 rings (SSSR count). The van der Waals surface area contributed by atoms with Crippen molar-refractivity contribution in [2.45, 2.75) is 78.4 Å². The third-order valence-corrected chi connectivity index (χ3v) is 9.09. The Morgan fingerprint density at radius 3 is 2.79 bits per heavy atom. The molecule has 29 heavy (non-hydrogen) atoms. The summed E-state index contributed by atoms with van der Waals surface area (Å²) in [6.07, 6.45) is 13.2. The molecule has 4 aliphatic rings. The number of aryl methyl sites for hydroxylation is 1. The first kappa shape index (κ1) is 19.3. The van der Waals surface area contributed by atoms with Gasteiger partial charge in [-0.05, 0) is 92.8 Å². The van der Waals surface area contributed by atoms with Gasteiger partial charge in [-0.2, -0.15) is 5.10 Å². The predicted molar refractivity (Wildman–Crippen MR) is 114 cm³/mol. The van der Waals surface area contributed by atoms with Gasteiger partial charge in [0, 0.05) is 18.2 Å². The standard InChI is InChI=1S/C25H34N2O2/c1-4-27-18(9-12-26-27)13-16-14-22-20-6-5-17-15-19(28)7-10-24(17,2)21(20)8-11-25(22,3)23(16)29/h5,9,12-13,19-22,28H,4,6-8,10-11,14-15H2,1-3H3/b16-13+/t19-,20-,21+,22+,24-,25-/m0/s1. The summed E-state index contributed by atoms with van der Waals surface area (Å²) in [5, 5.41) is 14.6. The van der Waals surface area contributed by atoms with Crippen molar-refractivity contribution in [3.63, 3.8) is 0 Å². The van der Waals surface area contributed by atoms with Gasteiger partial charge in [0.25, 0.3) is 0 Å². The summed E-state index contributed by atoms with van der Waals surface area (Å²) in [5.74, 6) is 2.06. The number of fused-ring (bicyclic) bond motifs is 5. The number of allylic oxidation sites excluding steroid dienone is 2. The second-order valence-corrected chi connectivity index (χ2v) is 10.4. The molecule has 0 spiro atoms. The smallest absolute Gasteiger partial charge is 0.165 e. The first-order valence-corrected chi connectivity index (χ1v) is 11.5. The van der Waals surface area contributed by atoms with Crippen LogP contribution in [-0.2, 0) is 11.3 Å². The van der Waals surface area contributed by atoms with Gasteiger partial charge in [-0.3, -0.25) is 9.48 Å². The van der Waals surface area contributed by atoms with Crippen LogP contribution in [0.15, 0.2) is 29.5 Å². The number of carbonyl (C=O) groups is 1. The van der Waals surface area contributed by atoms with Gasteiger partial charge in [0.15, 0.2) is 5.78 Å². The molecule has 1 aromatic rings. The molecule has 4 nitrogen and oxygen atoms in total. The molecule has 156 valence electrons. The van der Waals surface area contributed by atoms with Crippen molar-refractivity contribution in [3.05, 3.63) is 35.2 Å². The number of aliphatic hydroxyl groups excluding tert-OH is 1. The summed E-state index contributed by atoms with van der Waals surface area (Å²) in [6, 6.07) is 2.01. The normalized spacial score (nSPS) is 43.0. The number of carbonyl (C=O) groups excluding carboxylic acids is 1. The van der Waals surface area contributed by atoms with Crippen LogP contribution in [-0.4, -0.2) is 26.8 Å². The Bertz CT molecular complexity index is 896. The molecule has 1 N–H and O–H groups in total. The van der Waals surface area contributed by atoms with Gasteiger partial charge in [-0.25, -0.2) is 0 Å². The molecular weight excluding hydrogens is 360 g/mol. The summed E-state index contributed by atoms with van der Waals surface area (Å²) in [4.78, 5) is 13.5. The molecule has 6 atom stereocenters. The first-order chi connectivity index (χ1) is 13.9. The van der Waals surface area contributed by atoms with Gasteiger partial charge >= 0.3 is 0 Å². The van der Waals surface area contributed by atoms with Crippen LogP contribution in [0.4, 0.5) is 0 Å². The minimum atomic E-state index is -0.208. The molecule has 0 radical (unpaired) electrons. The molecule has 0 aromatic carbocycles. The molecule has 0 amide bonds. The monoisotopic (exact) mass is 394 g/mol. The van der Waals surface area contributed by atoms with E-state index in [9.17, 15) is 9.90 Å². The van der Waals surface area contributed by atoms with E-state index in [1.807, 2.05) is 16.9 Å². The summed E-state index contributed by atoms with van der Waals surface area (Å²) >= 11 is 0. The van der Waals surface area contributed by atoms with Crippen molar-refractivity contribution in [2.24, 2.45) is 28.6 Å². The van der Waals surface area contributed by atoms with Crippen LogP contribution < -0.4 is 0 Å². The fourth-order valence-electron chi connectivity index (χ4n) is 7.35. The SMILES string of the molecule is CCn1nccc1/C=C1\C[C@@H]2[C@H]3CC=C4C[C@@H](O)CC[C@]4(C)[C@@H]3CC[C@]2(C)C1=O. The van der Waals surface area contributed by atoms with Crippen LogP contribution in [0, 0.1) is 28.6 Å². The van der Waals surface area contributed by atoms with Gasteiger partial charge in [-0.1, -0.05) is 25.5 Å². The van der Waals surface area contributed by atoms with Crippen molar-refractivity contribution in [2.75, 3.05) is 0 Å². The number of aliphatic hydroxyl groups is 1. The topological polar surface area (TPSA) is 55.1 Å². The Labute approximate surface area is 174 Å². The second kappa shape index (κ2) is 6.66. The van der Waals surface area contributed by atoms with E-state index in [1.54, 1.807) is 0 Å². The number of hydrogen-bond acceptors (Lipinski definition) is 3. The molecule has 0 bridgehead atoms. The molecule has 0 aliphatic heterocycles. The van der Waals surface area contributed by atoms with Crippen LogP contribution in [0.5, 0.6) is 0 Å². The lowest BCUT2D eigenvalue weighted by atomic mass is 9.48. The van der Waals surface area contributed by atoms with E-state index in [4.69, 9.17) is 0 Å². The van der Waals surface area contributed by atoms with Crippen LogP contribution in [0.3, 0.4) is 0 Å². The molecule has 1 heterocycles. The molecule has 0 unspecified atom stereocenters. The minimum Gasteiger partial charge on any atom is -0.393 e. The Morgan fingerprint density at radius 2 is 2.00 bits per heavy atom. The molecular formula is C25H34N2O2. The number of Topliss-reactive ketones (excluding diaryl/α,β-unsaturated/α-hetero) is 1. The summed E-state index contributed by atoms with van der Waals surface area (Å²) in [6.45, 7) is 7.59. The molecule has 1 aromatic heterocycles. The van der Waals surface area contributed by atoms with Gasteiger partial charge < -0.3 is 5.11 Å². The van der Waals surface area contributed by atoms with Crippen LogP contribution in [0.1, 0.15) is 71.4 Å². The number of rotatable bonds is 2. The maximum absolute atomic E-state index is 13.5. The lowest BCUT2D eigenvalue weighted by Crippen LogP contribution is -2.50. The zero-order valence-electron chi connectivity index (χ0n) is 18.0. The second-order valence-electron chi connectivity index (χ2n) is 10.4. The average Bonchev–Trinajstić information content (AvgIpc) is 3.25. The maximum Gasteiger partial charge on any atom is 0.165 e. The molecule has 3 saturated carbocycles. The fourth-order valence-corrected chi connectivity index (χ4v) is 7.35. The van der Waals surface area contributed by atoms with Crippen LogP contribution in [0.25, 0.3) is 6.08 Å². The van der Waals surface area contributed by atoms with Gasteiger partial charge in [-0.15, -0.1) is 0 Å². The van der Waals surface area contributed by atoms with E-state index >= 15 is 0 Å². The van der Waals surface area contributed by atoms with Crippen molar-refractivity contribution < 1.29 is 9.90 Å². The maximum atomic E-state index is 13.5. The molecule has 0 saturated heterocycles. The van der Waals surface area contributed by atoms with E-state index in [2.05, 4.69) is 38.0 Å². The lowest BCUT2D eigenvalue weighted by Gasteiger charge is -2.56. The zero-order chi connectivity index (χ0) is 20.4. The summed E-state index contributed by atoms with van der Waals surface area (Å²) in [5.41, 5.74) is 3.56. The zero-order valence-corrected chi connectivity index (χ0v) is 18.0. The van der Waals surface area contributed by atoms with Crippen LogP contribution >= 0.6 is 0 Å². The molecule has 4 heteroatoms. The molecule has 3 fully saturated rings. The number of aromatic nitrogens is 2. The van der Waals surface area contributed by atoms with E-state index < -0.39 is 0 Å². The third kappa shape index (κ3) is 2.74. The Hall–Kier alpha value is -1.68. The number of hydrogen-bond donors (Lipinski definition) is 1. The van der Waals surface area contributed by atoms with Crippen molar-refractivity contribution in [1.82, 2.24) is 9.78 Å². The van der Waals surface area contributed by atoms with Gasteiger partial charge in [0.05, 0.1) is 11.8 Å². The minimum absolute atomic E-state index is 0.161. The van der Waals surface area contributed by atoms with Crippen molar-refractivity contribution in [3.8, 4) is 0 Å². The largest absolute Gasteiger partial charge is 0.393 e. The first-order valence-electron chi connectivity index (χ1n) is 11.5. The highest BCUT2D eigenvalue weighted by Crippen LogP contribution is 2.64. The highest BCUT2D eigenvalue weighted by molar-refractivity contribution is 6.05. The molecule has 4 aliphatic carbocycles. The van der Waals surface area contributed by atoms with E-state index in [0.29, 0.717) is 23.5 Å². The van der Waals surface area contributed by atoms with Crippen molar-refractivity contribution >= 4 is 11.9 Å². The highest BCUT2D eigenvalue weighted by atomic mass is 16.3. The van der Waals surface area contributed by atoms with E-state index in [-0.39, 0.29) is 16.9 Å². The predicted octanol–water partition coefficient (Wildman–Crippen LogP) is 4.79. The summed E-state index contributed by atoms with van der Waals surface area (Å²) < 4.78 is 1.97. The van der Waals surface area contributed by atoms with Gasteiger partial charge in [0.2, 0.25) is 0 Å². The van der Waals surface area contributed by atoms with Gasteiger partial charge in [0.1, 0.15) is 0 Å². The quantitative estimate of drug-likeness (QED) is 0.580. The highest BCUT2D eigenvalue weighted by Gasteiger charge is 2.59. The Morgan fingerprint density at radius 1 is 1.21 bits per heavy atom. The number of ketones is 1. The van der Waals surface area contributed by atoms with E-state index in [1.165, 1.54) is 5.57 Å². The Kier molecular flexibility index (Phi) is 4.43. The summed E-state index contributed by atoms with van der Waals surface area (Å²) in [7, 11) is 0. The van der Waals surface area contributed by atoms with E-state index in [0.717, 1.165) is 62.8 Å². The number of nitrogens with zero attached hydrogens (tertiary/aromatic N) is 2. The third-order valence-electron chi connectivity index (χ3n) is 9.09. The fraction of sp³-hybridized carbons (Fsp3) is 0.680. The average molecular weight is 395 g/mol. The van der Waals surface area contributed by atoms with Crippen LogP contribution in [0.2, 0.25) is 0 Å². The Balaban J connectivity index is 1.48. The van der Waals surface area contributed by atoms with Crippen molar-refractivity contribution in [1.29, 1.82) is 0 Å². The lowest BCUT2D eigenvalue weighted by molar-refractivity contribution is -0.130.